The van der Waals surface area contributed by atoms with Crippen LogP contribution in [0.5, 0.6) is 0 Å². The van der Waals surface area contributed by atoms with Gasteiger partial charge in [-0.25, -0.2) is 9.97 Å². The Bertz CT molecular complexity index is 611. The summed E-state index contributed by atoms with van der Waals surface area (Å²) in [6.45, 7) is 1.80. The summed E-state index contributed by atoms with van der Waals surface area (Å²) in [5.74, 6) is 0.620. The van der Waals surface area contributed by atoms with Crippen LogP contribution >= 0.6 is 0 Å². The smallest absolute Gasteiger partial charge is 0.244 e. The fourth-order valence-electron chi connectivity index (χ4n) is 1.84. The zero-order valence-electron chi connectivity index (χ0n) is 11.2. The molecule has 0 spiro atoms. The molecule has 1 amide bonds. The van der Waals surface area contributed by atoms with Crippen LogP contribution < -0.4 is 11.1 Å². The van der Waals surface area contributed by atoms with Crippen LogP contribution in [0.4, 0.5) is 11.5 Å². The second-order valence-corrected chi connectivity index (χ2v) is 4.60. The van der Waals surface area contributed by atoms with E-state index in [0.717, 1.165) is 10.9 Å². The molecule has 0 aliphatic heterocycles. The Labute approximate surface area is 111 Å². The van der Waals surface area contributed by atoms with Crippen molar-refractivity contribution in [3.63, 3.8) is 0 Å². The highest BCUT2D eigenvalue weighted by Gasteiger charge is 2.16. The van der Waals surface area contributed by atoms with E-state index in [9.17, 15) is 4.79 Å². The Morgan fingerprint density at radius 1 is 1.37 bits per heavy atom. The third kappa shape index (κ3) is 2.73. The van der Waals surface area contributed by atoms with Gasteiger partial charge in [0.1, 0.15) is 18.2 Å². The largest absolute Gasteiger partial charge is 0.399 e. The second-order valence-electron chi connectivity index (χ2n) is 4.60. The topological polar surface area (TPSA) is 84.1 Å². The van der Waals surface area contributed by atoms with E-state index in [4.69, 9.17) is 5.73 Å². The lowest BCUT2D eigenvalue weighted by molar-refractivity contribution is -0.129. The number of nitrogens with one attached hydrogen (secondary N) is 1. The standard InChI is InChI=1S/C13H17N5O/c1-8(13(19)18(2)3)17-12-10-5-4-9(14)6-11(10)15-7-16-12/h4-8H,14H2,1-3H3,(H,15,16,17). The summed E-state index contributed by atoms with van der Waals surface area (Å²) in [5, 5.41) is 3.94. The molecule has 1 aromatic heterocycles. The van der Waals surface area contributed by atoms with E-state index >= 15 is 0 Å². The molecule has 3 N–H and O–H groups in total. The maximum atomic E-state index is 11.8. The van der Waals surface area contributed by atoms with Gasteiger partial charge in [-0.1, -0.05) is 0 Å². The molecule has 6 heteroatoms. The monoisotopic (exact) mass is 259 g/mol. The minimum absolute atomic E-state index is 0.0118. The lowest BCUT2D eigenvalue weighted by Crippen LogP contribution is -2.36. The summed E-state index contributed by atoms with van der Waals surface area (Å²) in [5.41, 5.74) is 7.12. The van der Waals surface area contributed by atoms with Gasteiger partial charge in [0, 0.05) is 25.2 Å². The van der Waals surface area contributed by atoms with Gasteiger partial charge in [0.05, 0.1) is 5.52 Å². The first-order valence-electron chi connectivity index (χ1n) is 5.97. The van der Waals surface area contributed by atoms with Crippen molar-refractivity contribution < 1.29 is 4.79 Å². The van der Waals surface area contributed by atoms with Crippen LogP contribution in [0.1, 0.15) is 6.92 Å². The van der Waals surface area contributed by atoms with E-state index in [1.807, 2.05) is 6.07 Å². The number of fused-ring (bicyclic) bond motifs is 1. The van der Waals surface area contributed by atoms with Gasteiger partial charge in [0.2, 0.25) is 5.91 Å². The Kier molecular flexibility index (Phi) is 3.50. The average molecular weight is 259 g/mol. The Morgan fingerprint density at radius 2 is 2.11 bits per heavy atom. The molecule has 19 heavy (non-hydrogen) atoms. The van der Waals surface area contributed by atoms with Crippen molar-refractivity contribution in [2.45, 2.75) is 13.0 Å². The third-order valence-electron chi connectivity index (χ3n) is 2.82. The number of amides is 1. The van der Waals surface area contributed by atoms with Crippen LogP contribution in [0.2, 0.25) is 0 Å². The van der Waals surface area contributed by atoms with Crippen molar-refractivity contribution in [1.29, 1.82) is 0 Å². The molecule has 1 aromatic carbocycles. The molecule has 100 valence electrons. The van der Waals surface area contributed by atoms with Crippen LogP contribution in [0.25, 0.3) is 10.9 Å². The lowest BCUT2D eigenvalue weighted by atomic mass is 10.2. The maximum absolute atomic E-state index is 11.8. The molecule has 1 heterocycles. The summed E-state index contributed by atoms with van der Waals surface area (Å²) in [7, 11) is 3.44. The van der Waals surface area contributed by atoms with Gasteiger partial charge in [-0.2, -0.15) is 0 Å². The quantitative estimate of drug-likeness (QED) is 0.806. The van der Waals surface area contributed by atoms with E-state index in [-0.39, 0.29) is 11.9 Å². The van der Waals surface area contributed by atoms with Crippen LogP contribution in [0.15, 0.2) is 24.5 Å². The number of hydrogen-bond donors (Lipinski definition) is 2. The van der Waals surface area contributed by atoms with Crippen LogP contribution in [-0.2, 0) is 4.79 Å². The van der Waals surface area contributed by atoms with E-state index < -0.39 is 0 Å². The molecule has 2 rings (SSSR count). The summed E-state index contributed by atoms with van der Waals surface area (Å²) < 4.78 is 0. The summed E-state index contributed by atoms with van der Waals surface area (Å²) in [6.07, 6.45) is 1.46. The van der Waals surface area contributed by atoms with Crippen molar-refractivity contribution in [3.05, 3.63) is 24.5 Å². The minimum Gasteiger partial charge on any atom is -0.399 e. The SMILES string of the molecule is CC(Nc1ncnc2cc(N)ccc12)C(=O)N(C)C. The van der Waals surface area contributed by atoms with Crippen LogP contribution in [-0.4, -0.2) is 40.9 Å². The number of nitrogens with zero attached hydrogens (tertiary/aromatic N) is 3. The van der Waals surface area contributed by atoms with Crippen molar-refractivity contribution in [3.8, 4) is 0 Å². The van der Waals surface area contributed by atoms with Crippen molar-refractivity contribution in [2.24, 2.45) is 0 Å². The molecule has 0 bridgehead atoms. The fraction of sp³-hybridized carbons (Fsp3) is 0.308. The summed E-state index contributed by atoms with van der Waals surface area (Å²) in [4.78, 5) is 21.7. The van der Waals surface area contributed by atoms with E-state index in [0.29, 0.717) is 11.5 Å². The molecule has 2 aromatic rings. The van der Waals surface area contributed by atoms with Gasteiger partial charge >= 0.3 is 0 Å². The molecule has 6 nitrogen and oxygen atoms in total. The molecule has 1 atom stereocenters. The normalized spacial score (nSPS) is 12.2. The average Bonchev–Trinajstić information content (AvgIpc) is 2.37. The van der Waals surface area contributed by atoms with Crippen molar-refractivity contribution >= 4 is 28.3 Å². The number of aromatic nitrogens is 2. The van der Waals surface area contributed by atoms with E-state index in [1.54, 1.807) is 38.1 Å². The predicted molar refractivity (Wildman–Crippen MR) is 75.7 cm³/mol. The number of hydrogen-bond acceptors (Lipinski definition) is 5. The van der Waals surface area contributed by atoms with Gasteiger partial charge in [-0.15, -0.1) is 0 Å². The molecule has 0 aliphatic rings. The van der Waals surface area contributed by atoms with Crippen molar-refractivity contribution in [1.82, 2.24) is 14.9 Å². The van der Waals surface area contributed by atoms with Gasteiger partial charge in [-0.3, -0.25) is 4.79 Å². The molecule has 0 saturated heterocycles. The molecular formula is C13H17N5O. The summed E-state index contributed by atoms with van der Waals surface area (Å²) in [6, 6.07) is 5.06. The van der Waals surface area contributed by atoms with Gasteiger partial charge in [0.15, 0.2) is 0 Å². The van der Waals surface area contributed by atoms with Gasteiger partial charge in [0.25, 0.3) is 0 Å². The third-order valence-corrected chi connectivity index (χ3v) is 2.82. The number of nitrogen functional groups attached to an aromatic ring is 1. The number of benzene rings is 1. The zero-order chi connectivity index (χ0) is 14.0. The zero-order valence-corrected chi connectivity index (χ0v) is 11.2. The fourth-order valence-corrected chi connectivity index (χ4v) is 1.84. The van der Waals surface area contributed by atoms with Gasteiger partial charge < -0.3 is 16.0 Å². The first-order valence-corrected chi connectivity index (χ1v) is 5.97. The molecule has 1 unspecified atom stereocenters. The molecule has 0 aliphatic carbocycles. The number of carbonyl (C=O) groups is 1. The lowest BCUT2D eigenvalue weighted by Gasteiger charge is -2.19. The number of likely N-dealkylation sites (N-methyl/N-ethyl adjacent to an activating group) is 1. The highest BCUT2D eigenvalue weighted by molar-refractivity contribution is 5.93. The van der Waals surface area contributed by atoms with E-state index in [2.05, 4.69) is 15.3 Å². The number of rotatable bonds is 3. The first kappa shape index (κ1) is 13.1. The molecule has 0 fully saturated rings. The van der Waals surface area contributed by atoms with E-state index in [1.165, 1.54) is 6.33 Å². The maximum Gasteiger partial charge on any atom is 0.244 e. The second kappa shape index (κ2) is 5.09. The molecular weight excluding hydrogens is 242 g/mol. The van der Waals surface area contributed by atoms with Crippen LogP contribution in [0.3, 0.4) is 0 Å². The Hall–Kier alpha value is -2.37. The van der Waals surface area contributed by atoms with Crippen molar-refractivity contribution in [2.75, 3.05) is 25.1 Å². The number of nitrogens with two attached hydrogens (primary N) is 1. The minimum atomic E-state index is -0.356. The molecule has 0 radical (unpaired) electrons. The predicted octanol–water partition coefficient (Wildman–Crippen LogP) is 1.10. The van der Waals surface area contributed by atoms with Crippen LogP contribution in [0, 0.1) is 0 Å². The van der Waals surface area contributed by atoms with Gasteiger partial charge in [-0.05, 0) is 25.1 Å². The Balaban J connectivity index is 2.33. The summed E-state index contributed by atoms with van der Waals surface area (Å²) >= 11 is 0. The number of carbonyl (C=O) groups excluding carboxylic acids is 1. The number of anilines is 2. The highest BCUT2D eigenvalue weighted by Crippen LogP contribution is 2.21. The Morgan fingerprint density at radius 3 is 2.79 bits per heavy atom. The highest BCUT2D eigenvalue weighted by atomic mass is 16.2. The first-order chi connectivity index (χ1) is 8.99. The molecule has 0 saturated carbocycles.